The molecule has 0 radical (unpaired) electrons. The Balaban J connectivity index is 1.97. The summed E-state index contributed by atoms with van der Waals surface area (Å²) < 4.78 is 5.33. The van der Waals surface area contributed by atoms with Crippen molar-refractivity contribution in [2.24, 2.45) is 0 Å². The van der Waals surface area contributed by atoms with Crippen molar-refractivity contribution in [3.63, 3.8) is 0 Å². The molecule has 0 aromatic carbocycles. The third-order valence-corrected chi connectivity index (χ3v) is 2.85. The van der Waals surface area contributed by atoms with Crippen molar-refractivity contribution in [2.75, 3.05) is 26.2 Å². The van der Waals surface area contributed by atoms with E-state index in [2.05, 4.69) is 10.2 Å². The summed E-state index contributed by atoms with van der Waals surface area (Å²) in [7, 11) is 0. The molecule has 2 heterocycles. The van der Waals surface area contributed by atoms with Gasteiger partial charge < -0.3 is 14.8 Å². The second-order valence-corrected chi connectivity index (χ2v) is 3.94. The summed E-state index contributed by atoms with van der Waals surface area (Å²) in [5.41, 5.74) is 0. The molecule has 0 aliphatic carbocycles. The maximum absolute atomic E-state index is 9.30. The summed E-state index contributed by atoms with van der Waals surface area (Å²) in [6.07, 6.45) is 2.82. The van der Waals surface area contributed by atoms with Crippen molar-refractivity contribution in [3.8, 4) is 0 Å². The van der Waals surface area contributed by atoms with Crippen LogP contribution in [-0.4, -0.2) is 42.3 Å². The van der Waals surface area contributed by atoms with Crippen LogP contribution in [0.5, 0.6) is 0 Å². The average Bonchev–Trinajstić information content (AvgIpc) is 2.64. The van der Waals surface area contributed by atoms with Crippen LogP contribution in [-0.2, 0) is 6.54 Å². The molecule has 4 nitrogen and oxygen atoms in total. The highest BCUT2D eigenvalue weighted by Crippen LogP contribution is 2.10. The zero-order chi connectivity index (χ0) is 10.5. The van der Waals surface area contributed by atoms with Crippen LogP contribution in [0.3, 0.4) is 0 Å². The van der Waals surface area contributed by atoms with Gasteiger partial charge in [-0.1, -0.05) is 0 Å². The minimum Gasteiger partial charge on any atom is -0.468 e. The van der Waals surface area contributed by atoms with Gasteiger partial charge in [-0.25, -0.2) is 0 Å². The van der Waals surface area contributed by atoms with Gasteiger partial charge in [0, 0.05) is 19.1 Å². The fourth-order valence-corrected chi connectivity index (χ4v) is 1.98. The van der Waals surface area contributed by atoms with Crippen molar-refractivity contribution in [1.29, 1.82) is 0 Å². The van der Waals surface area contributed by atoms with E-state index < -0.39 is 0 Å². The van der Waals surface area contributed by atoms with Crippen molar-refractivity contribution in [1.82, 2.24) is 10.2 Å². The summed E-state index contributed by atoms with van der Waals surface area (Å²) in [6, 6.07) is 4.09. The van der Waals surface area contributed by atoms with E-state index in [9.17, 15) is 5.11 Å². The summed E-state index contributed by atoms with van der Waals surface area (Å²) in [5, 5.41) is 12.6. The van der Waals surface area contributed by atoms with E-state index in [1.54, 1.807) is 6.26 Å². The van der Waals surface area contributed by atoms with E-state index in [1.165, 1.54) is 0 Å². The highest BCUT2D eigenvalue weighted by atomic mass is 16.3. The van der Waals surface area contributed by atoms with Gasteiger partial charge in [0.1, 0.15) is 5.76 Å². The van der Waals surface area contributed by atoms with E-state index in [0.717, 1.165) is 38.4 Å². The largest absolute Gasteiger partial charge is 0.468 e. The smallest absolute Gasteiger partial charge is 0.117 e. The van der Waals surface area contributed by atoms with Crippen LogP contribution in [0.2, 0.25) is 0 Å². The monoisotopic (exact) mass is 210 g/mol. The quantitative estimate of drug-likeness (QED) is 0.760. The van der Waals surface area contributed by atoms with Gasteiger partial charge in [-0.3, -0.25) is 4.90 Å². The molecule has 0 amide bonds. The first-order valence-electron chi connectivity index (χ1n) is 5.48. The third-order valence-electron chi connectivity index (χ3n) is 2.85. The van der Waals surface area contributed by atoms with E-state index in [1.807, 2.05) is 12.1 Å². The zero-order valence-electron chi connectivity index (χ0n) is 8.85. The second-order valence-electron chi connectivity index (χ2n) is 3.94. The van der Waals surface area contributed by atoms with Crippen LogP contribution in [0.15, 0.2) is 22.8 Å². The molecule has 1 saturated heterocycles. The van der Waals surface area contributed by atoms with Crippen LogP contribution in [0.4, 0.5) is 0 Å². The number of nitrogens with one attached hydrogen (secondary N) is 1. The Morgan fingerprint density at radius 2 is 2.53 bits per heavy atom. The molecule has 1 unspecified atom stereocenters. The molecule has 0 spiro atoms. The van der Waals surface area contributed by atoms with Crippen LogP contribution in [0.25, 0.3) is 0 Å². The van der Waals surface area contributed by atoms with Crippen LogP contribution in [0, 0.1) is 0 Å². The van der Waals surface area contributed by atoms with Gasteiger partial charge in [-0.05, 0) is 25.1 Å². The molecule has 0 bridgehead atoms. The van der Waals surface area contributed by atoms with Gasteiger partial charge >= 0.3 is 0 Å². The fraction of sp³-hybridized carbons (Fsp3) is 0.636. The molecule has 2 rings (SSSR count). The number of hydrogen-bond donors (Lipinski definition) is 2. The molecule has 1 aromatic heterocycles. The summed E-state index contributed by atoms with van der Waals surface area (Å²) in [5.74, 6) is 0.968. The molecule has 1 fully saturated rings. The van der Waals surface area contributed by atoms with Crippen molar-refractivity contribution in [3.05, 3.63) is 24.2 Å². The number of aliphatic hydroxyl groups excluding tert-OH is 1. The molecule has 1 aliphatic heterocycles. The first-order valence-corrected chi connectivity index (χ1v) is 5.48. The fourth-order valence-electron chi connectivity index (χ4n) is 1.98. The van der Waals surface area contributed by atoms with Gasteiger partial charge in [0.2, 0.25) is 0 Å². The Morgan fingerprint density at radius 1 is 1.60 bits per heavy atom. The highest BCUT2D eigenvalue weighted by Gasteiger charge is 2.20. The second kappa shape index (κ2) is 5.30. The highest BCUT2D eigenvalue weighted by molar-refractivity contribution is 4.98. The Kier molecular flexibility index (Phi) is 3.77. The Morgan fingerprint density at radius 3 is 3.27 bits per heavy atom. The van der Waals surface area contributed by atoms with Crippen molar-refractivity contribution in [2.45, 2.75) is 19.0 Å². The van der Waals surface area contributed by atoms with E-state index in [4.69, 9.17) is 4.42 Å². The van der Waals surface area contributed by atoms with Crippen molar-refractivity contribution < 1.29 is 9.52 Å². The number of nitrogens with zero attached hydrogens (tertiary/aromatic N) is 1. The maximum atomic E-state index is 9.30. The molecule has 0 saturated carbocycles. The molecular weight excluding hydrogens is 192 g/mol. The van der Waals surface area contributed by atoms with E-state index in [0.29, 0.717) is 0 Å². The lowest BCUT2D eigenvalue weighted by atomic mass is 10.2. The number of aliphatic hydroxyl groups is 1. The molecule has 2 N–H and O–H groups in total. The summed E-state index contributed by atoms with van der Waals surface area (Å²) >= 11 is 0. The minimum absolute atomic E-state index is 0.202. The average molecular weight is 210 g/mol. The SMILES string of the molecule is OCC1CNCCCN1Cc1ccco1. The number of hydrogen-bond acceptors (Lipinski definition) is 4. The van der Waals surface area contributed by atoms with Crippen LogP contribution in [0.1, 0.15) is 12.2 Å². The zero-order valence-corrected chi connectivity index (χ0v) is 8.85. The van der Waals surface area contributed by atoms with Gasteiger partial charge in [-0.2, -0.15) is 0 Å². The molecule has 1 aromatic rings. The molecule has 84 valence electrons. The first-order chi connectivity index (χ1) is 7.40. The van der Waals surface area contributed by atoms with Gasteiger partial charge in [0.05, 0.1) is 19.4 Å². The predicted octanol–water partition coefficient (Wildman–Crippen LogP) is 0.436. The molecular formula is C11H18N2O2. The Bertz CT molecular complexity index is 274. The third kappa shape index (κ3) is 2.81. The lowest BCUT2D eigenvalue weighted by Gasteiger charge is -2.26. The maximum Gasteiger partial charge on any atom is 0.117 e. The van der Waals surface area contributed by atoms with Gasteiger partial charge in [0.15, 0.2) is 0 Å². The van der Waals surface area contributed by atoms with Gasteiger partial charge in [-0.15, -0.1) is 0 Å². The molecule has 15 heavy (non-hydrogen) atoms. The standard InChI is InChI=1S/C11H18N2O2/c14-9-10-7-12-4-2-5-13(10)8-11-3-1-6-15-11/h1,3,6,10,12,14H,2,4-5,7-9H2. The molecule has 1 aliphatic rings. The summed E-state index contributed by atoms with van der Waals surface area (Å²) in [4.78, 5) is 2.28. The summed E-state index contributed by atoms with van der Waals surface area (Å²) in [6.45, 7) is 3.90. The Hall–Kier alpha value is -0.840. The normalized spacial score (nSPS) is 23.9. The lowest BCUT2D eigenvalue weighted by Crippen LogP contribution is -2.41. The minimum atomic E-state index is 0.202. The van der Waals surface area contributed by atoms with E-state index in [-0.39, 0.29) is 12.6 Å². The topological polar surface area (TPSA) is 48.6 Å². The molecule has 1 atom stereocenters. The van der Waals surface area contributed by atoms with Crippen LogP contribution < -0.4 is 5.32 Å². The Labute approximate surface area is 89.9 Å². The molecule has 4 heteroatoms. The number of rotatable bonds is 3. The number of furan rings is 1. The van der Waals surface area contributed by atoms with Crippen molar-refractivity contribution >= 4 is 0 Å². The van der Waals surface area contributed by atoms with E-state index >= 15 is 0 Å². The van der Waals surface area contributed by atoms with Crippen LogP contribution >= 0.6 is 0 Å². The lowest BCUT2D eigenvalue weighted by molar-refractivity contribution is 0.119. The van der Waals surface area contributed by atoms with Gasteiger partial charge in [0.25, 0.3) is 0 Å². The first kappa shape index (κ1) is 10.7. The predicted molar refractivity (Wildman–Crippen MR) is 57.5 cm³/mol.